The van der Waals surface area contributed by atoms with Crippen molar-refractivity contribution in [3.8, 4) is 6.07 Å². The van der Waals surface area contributed by atoms with Crippen LogP contribution in [-0.2, 0) is 11.3 Å². The first-order valence-electron chi connectivity index (χ1n) is 7.85. The molecule has 1 aromatic carbocycles. The number of ether oxygens (including phenoxy) is 1. The largest absolute Gasteiger partial charge is 0.444 e. The first kappa shape index (κ1) is 20.2. The van der Waals surface area contributed by atoms with Crippen LogP contribution in [0.1, 0.15) is 31.9 Å². The van der Waals surface area contributed by atoms with Gasteiger partial charge in [-0.05, 0) is 32.9 Å². The molecular formula is C17H24FN5O2. The van der Waals surface area contributed by atoms with Crippen LogP contribution in [0.3, 0.4) is 0 Å². The van der Waals surface area contributed by atoms with E-state index in [9.17, 15) is 9.18 Å². The summed E-state index contributed by atoms with van der Waals surface area (Å²) in [4.78, 5) is 15.5. The van der Waals surface area contributed by atoms with Crippen LogP contribution in [0, 0.1) is 17.1 Å². The maximum absolute atomic E-state index is 13.8. The van der Waals surface area contributed by atoms with Crippen molar-refractivity contribution in [2.75, 3.05) is 20.1 Å². The molecule has 136 valence electrons. The van der Waals surface area contributed by atoms with Gasteiger partial charge in [0.05, 0.1) is 11.6 Å². The normalized spacial score (nSPS) is 11.4. The highest BCUT2D eigenvalue weighted by Gasteiger charge is 2.15. The van der Waals surface area contributed by atoms with Crippen molar-refractivity contribution in [3.05, 3.63) is 35.1 Å². The SMILES string of the molecule is CN=C(NCCNC(=O)OC(C)(C)C)NCc1ccc(C#N)cc1F. The van der Waals surface area contributed by atoms with Crippen molar-refractivity contribution >= 4 is 12.1 Å². The maximum Gasteiger partial charge on any atom is 0.407 e. The van der Waals surface area contributed by atoms with Gasteiger partial charge in [-0.3, -0.25) is 4.99 Å². The highest BCUT2D eigenvalue weighted by molar-refractivity contribution is 5.79. The molecule has 0 aliphatic heterocycles. The Morgan fingerprint density at radius 2 is 1.96 bits per heavy atom. The molecule has 0 radical (unpaired) electrons. The highest BCUT2D eigenvalue weighted by Crippen LogP contribution is 2.09. The molecule has 0 spiro atoms. The van der Waals surface area contributed by atoms with E-state index in [1.165, 1.54) is 6.07 Å². The van der Waals surface area contributed by atoms with Crippen molar-refractivity contribution in [1.29, 1.82) is 5.26 Å². The highest BCUT2D eigenvalue weighted by atomic mass is 19.1. The number of nitriles is 1. The van der Waals surface area contributed by atoms with Crippen molar-refractivity contribution in [2.24, 2.45) is 4.99 Å². The Hall–Kier alpha value is -2.82. The maximum atomic E-state index is 13.8. The summed E-state index contributed by atoms with van der Waals surface area (Å²) in [6, 6.07) is 6.19. The number of carbonyl (C=O) groups excluding carboxylic acids is 1. The lowest BCUT2D eigenvalue weighted by atomic mass is 10.1. The fraction of sp³-hybridized carbons (Fsp3) is 0.471. The summed E-state index contributed by atoms with van der Waals surface area (Å²) in [7, 11) is 1.59. The molecule has 0 aromatic heterocycles. The molecule has 0 aliphatic carbocycles. The van der Waals surface area contributed by atoms with E-state index in [2.05, 4.69) is 20.9 Å². The van der Waals surface area contributed by atoms with E-state index in [1.54, 1.807) is 40.0 Å². The van der Waals surface area contributed by atoms with Crippen molar-refractivity contribution in [3.63, 3.8) is 0 Å². The molecule has 0 saturated heterocycles. The number of rotatable bonds is 5. The first-order chi connectivity index (χ1) is 11.7. The van der Waals surface area contributed by atoms with Gasteiger partial charge in [-0.1, -0.05) is 6.07 Å². The van der Waals surface area contributed by atoms with E-state index < -0.39 is 17.5 Å². The van der Waals surface area contributed by atoms with Gasteiger partial charge in [0.2, 0.25) is 0 Å². The molecule has 0 saturated carbocycles. The molecule has 3 N–H and O–H groups in total. The summed E-state index contributed by atoms with van der Waals surface area (Å²) < 4.78 is 18.9. The number of carbonyl (C=O) groups is 1. The van der Waals surface area contributed by atoms with Crippen molar-refractivity contribution < 1.29 is 13.9 Å². The molecular weight excluding hydrogens is 325 g/mol. The smallest absolute Gasteiger partial charge is 0.407 e. The number of benzene rings is 1. The lowest BCUT2D eigenvalue weighted by Crippen LogP contribution is -2.42. The van der Waals surface area contributed by atoms with E-state index in [0.717, 1.165) is 0 Å². The summed E-state index contributed by atoms with van der Waals surface area (Å²) in [6.45, 7) is 6.36. The second-order valence-corrected chi connectivity index (χ2v) is 6.20. The minimum atomic E-state index is -0.541. The summed E-state index contributed by atoms with van der Waals surface area (Å²) in [5.74, 6) is 0.0170. The van der Waals surface area contributed by atoms with Crippen LogP contribution in [0.25, 0.3) is 0 Å². The van der Waals surface area contributed by atoms with E-state index in [-0.39, 0.29) is 12.1 Å². The quantitative estimate of drug-likeness (QED) is 0.428. The third-order valence-corrected chi connectivity index (χ3v) is 2.94. The molecule has 1 rings (SSSR count). The lowest BCUT2D eigenvalue weighted by Gasteiger charge is -2.20. The zero-order valence-electron chi connectivity index (χ0n) is 14.9. The topological polar surface area (TPSA) is 98.5 Å². The number of halogens is 1. The third kappa shape index (κ3) is 8.01. The van der Waals surface area contributed by atoms with Gasteiger partial charge in [-0.25, -0.2) is 9.18 Å². The predicted molar refractivity (Wildman–Crippen MR) is 93.6 cm³/mol. The van der Waals surface area contributed by atoms with Gasteiger partial charge in [0.25, 0.3) is 0 Å². The van der Waals surface area contributed by atoms with Crippen molar-refractivity contribution in [2.45, 2.75) is 32.9 Å². The van der Waals surface area contributed by atoms with Gasteiger partial charge in [0, 0.05) is 32.2 Å². The third-order valence-electron chi connectivity index (χ3n) is 2.94. The second kappa shape index (κ2) is 9.47. The van der Waals surface area contributed by atoms with E-state index in [4.69, 9.17) is 10.00 Å². The Labute approximate surface area is 147 Å². The summed E-state index contributed by atoms with van der Waals surface area (Å²) in [5.41, 5.74) is 0.158. The monoisotopic (exact) mass is 349 g/mol. The van der Waals surface area contributed by atoms with Crippen LogP contribution in [-0.4, -0.2) is 37.8 Å². The Morgan fingerprint density at radius 3 is 2.52 bits per heavy atom. The molecule has 0 fully saturated rings. The van der Waals surface area contributed by atoms with Gasteiger partial charge in [-0.2, -0.15) is 5.26 Å². The van der Waals surface area contributed by atoms with Crippen LogP contribution in [0.15, 0.2) is 23.2 Å². The Kier molecular flexibility index (Phi) is 7.66. The molecule has 0 unspecified atom stereocenters. The van der Waals surface area contributed by atoms with Crippen LogP contribution in [0.5, 0.6) is 0 Å². The summed E-state index contributed by atoms with van der Waals surface area (Å²) >= 11 is 0. The minimum absolute atomic E-state index is 0.219. The molecule has 8 heteroatoms. The van der Waals surface area contributed by atoms with Gasteiger partial charge in [-0.15, -0.1) is 0 Å². The number of hydrogen-bond donors (Lipinski definition) is 3. The summed E-state index contributed by atoms with van der Waals surface area (Å²) in [5, 5.41) is 17.3. The van der Waals surface area contributed by atoms with Crippen LogP contribution in [0.2, 0.25) is 0 Å². The average molecular weight is 349 g/mol. The van der Waals surface area contributed by atoms with Crippen LogP contribution < -0.4 is 16.0 Å². The Bertz CT molecular complexity index is 662. The standard InChI is InChI=1S/C17H24FN5O2/c1-17(2,3)25-16(24)22-8-7-21-15(20-4)23-11-13-6-5-12(10-19)9-14(13)18/h5-6,9H,7-8,11H2,1-4H3,(H,22,24)(H2,20,21,23). The van der Waals surface area contributed by atoms with Crippen molar-refractivity contribution in [1.82, 2.24) is 16.0 Å². The molecule has 25 heavy (non-hydrogen) atoms. The minimum Gasteiger partial charge on any atom is -0.444 e. The fourth-order valence-electron chi connectivity index (χ4n) is 1.82. The van der Waals surface area contributed by atoms with Crippen LogP contribution in [0.4, 0.5) is 9.18 Å². The molecule has 0 atom stereocenters. The molecule has 1 aromatic rings. The number of amides is 1. The average Bonchev–Trinajstić information content (AvgIpc) is 2.53. The van der Waals surface area contributed by atoms with E-state index in [0.29, 0.717) is 24.6 Å². The fourth-order valence-corrected chi connectivity index (χ4v) is 1.82. The predicted octanol–water partition coefficient (Wildman–Crippen LogP) is 1.89. The molecule has 0 heterocycles. The number of alkyl carbamates (subject to hydrolysis) is 1. The Balaban J connectivity index is 2.36. The first-order valence-corrected chi connectivity index (χ1v) is 7.85. The second-order valence-electron chi connectivity index (χ2n) is 6.20. The number of guanidine groups is 1. The zero-order valence-corrected chi connectivity index (χ0v) is 14.9. The number of nitrogens with one attached hydrogen (secondary N) is 3. The Morgan fingerprint density at radius 1 is 1.28 bits per heavy atom. The molecule has 7 nitrogen and oxygen atoms in total. The number of nitrogens with zero attached hydrogens (tertiary/aromatic N) is 2. The van der Waals surface area contributed by atoms with Gasteiger partial charge < -0.3 is 20.7 Å². The van der Waals surface area contributed by atoms with Gasteiger partial charge in [0.15, 0.2) is 5.96 Å². The zero-order chi connectivity index (χ0) is 18.9. The van der Waals surface area contributed by atoms with Crippen LogP contribution >= 0.6 is 0 Å². The number of hydrogen-bond acceptors (Lipinski definition) is 4. The molecule has 0 bridgehead atoms. The van der Waals surface area contributed by atoms with E-state index >= 15 is 0 Å². The van der Waals surface area contributed by atoms with Gasteiger partial charge in [0.1, 0.15) is 11.4 Å². The molecule has 1 amide bonds. The van der Waals surface area contributed by atoms with E-state index in [1.807, 2.05) is 6.07 Å². The lowest BCUT2D eigenvalue weighted by molar-refractivity contribution is 0.0529. The van der Waals surface area contributed by atoms with Gasteiger partial charge >= 0.3 is 6.09 Å². The summed E-state index contributed by atoms with van der Waals surface area (Å²) in [6.07, 6.45) is -0.489. The molecule has 0 aliphatic rings. The number of aliphatic imine (C=N–C) groups is 1.